The number of rotatable bonds is 6. The molecule has 4 heteroatoms. The standard InChI is InChI=1S/C15H22ClNO2.C3H8/c1-11-6-5-7-12(2)15(11)17(13(3)10-19-4)14(18)8-9-16;1-3-2/h5-7,13H,8-10H2,1-4H3;3H2,1-2H3. The predicted octanol–water partition coefficient (Wildman–Crippen LogP) is 4.72. The molecule has 0 aliphatic carbocycles. The maximum atomic E-state index is 12.4. The third-order valence-corrected chi connectivity index (χ3v) is 3.30. The topological polar surface area (TPSA) is 29.5 Å². The third kappa shape index (κ3) is 6.37. The van der Waals surface area contributed by atoms with E-state index in [0.29, 0.717) is 18.9 Å². The zero-order chi connectivity index (χ0) is 17.1. The van der Waals surface area contributed by atoms with Crippen LogP contribution in [-0.4, -0.2) is 31.5 Å². The summed E-state index contributed by atoms with van der Waals surface area (Å²) in [7, 11) is 1.64. The quantitative estimate of drug-likeness (QED) is 0.708. The van der Waals surface area contributed by atoms with Gasteiger partial charge in [-0.2, -0.15) is 0 Å². The Morgan fingerprint density at radius 1 is 1.27 bits per heavy atom. The number of aryl methyl sites for hydroxylation is 2. The Morgan fingerprint density at radius 3 is 2.18 bits per heavy atom. The summed E-state index contributed by atoms with van der Waals surface area (Å²) in [5.41, 5.74) is 3.15. The van der Waals surface area contributed by atoms with Crippen LogP contribution in [0.3, 0.4) is 0 Å². The maximum absolute atomic E-state index is 12.4. The van der Waals surface area contributed by atoms with Crippen LogP contribution in [0.1, 0.15) is 44.7 Å². The molecule has 1 unspecified atom stereocenters. The summed E-state index contributed by atoms with van der Waals surface area (Å²) in [6.07, 6.45) is 1.59. The molecule has 0 N–H and O–H groups in total. The van der Waals surface area contributed by atoms with Crippen molar-refractivity contribution in [3.63, 3.8) is 0 Å². The summed E-state index contributed by atoms with van der Waals surface area (Å²) < 4.78 is 5.19. The molecule has 0 radical (unpaired) electrons. The van der Waals surface area contributed by atoms with Gasteiger partial charge in [-0.1, -0.05) is 38.5 Å². The number of benzene rings is 1. The molecule has 1 amide bonds. The number of halogens is 1. The average Bonchev–Trinajstić information content (AvgIpc) is 2.44. The molecular weight excluding hydrogens is 298 g/mol. The monoisotopic (exact) mass is 327 g/mol. The van der Waals surface area contributed by atoms with Gasteiger partial charge in [0.05, 0.1) is 12.6 Å². The first-order valence-corrected chi connectivity index (χ1v) is 8.41. The number of ether oxygens (including phenoxy) is 1. The van der Waals surface area contributed by atoms with E-state index in [0.717, 1.165) is 16.8 Å². The molecule has 1 aromatic carbocycles. The first-order chi connectivity index (χ1) is 10.4. The molecule has 0 spiro atoms. The Hall–Kier alpha value is -1.06. The van der Waals surface area contributed by atoms with Gasteiger partial charge in [-0.05, 0) is 31.9 Å². The highest BCUT2D eigenvalue weighted by molar-refractivity contribution is 6.19. The lowest BCUT2D eigenvalue weighted by Crippen LogP contribution is -2.42. The van der Waals surface area contributed by atoms with Crippen LogP contribution in [0.25, 0.3) is 0 Å². The fourth-order valence-electron chi connectivity index (χ4n) is 2.29. The van der Waals surface area contributed by atoms with Crippen molar-refractivity contribution in [1.29, 1.82) is 0 Å². The van der Waals surface area contributed by atoms with Gasteiger partial charge < -0.3 is 9.64 Å². The van der Waals surface area contributed by atoms with Crippen molar-refractivity contribution in [1.82, 2.24) is 0 Å². The second-order valence-electron chi connectivity index (χ2n) is 5.45. The Morgan fingerprint density at radius 2 is 1.77 bits per heavy atom. The Kier molecular flexibility index (Phi) is 10.9. The summed E-state index contributed by atoms with van der Waals surface area (Å²) in [6, 6.07) is 6.02. The lowest BCUT2D eigenvalue weighted by molar-refractivity contribution is -0.118. The highest BCUT2D eigenvalue weighted by Crippen LogP contribution is 2.27. The molecule has 0 aromatic heterocycles. The van der Waals surface area contributed by atoms with Crippen LogP contribution < -0.4 is 4.90 Å². The number of amides is 1. The van der Waals surface area contributed by atoms with Gasteiger partial charge in [0.25, 0.3) is 0 Å². The Bertz CT molecular complexity index is 428. The molecular formula is C18H30ClNO2. The van der Waals surface area contributed by atoms with E-state index < -0.39 is 0 Å². The van der Waals surface area contributed by atoms with Crippen LogP contribution in [0.5, 0.6) is 0 Å². The SMILES string of the molecule is CCC.COCC(C)N(C(=O)CCCl)c1c(C)cccc1C. The molecule has 0 aliphatic heterocycles. The second-order valence-corrected chi connectivity index (χ2v) is 5.83. The second kappa shape index (κ2) is 11.5. The summed E-state index contributed by atoms with van der Waals surface area (Å²) in [6.45, 7) is 10.8. The number of alkyl halides is 1. The molecule has 1 rings (SSSR count). The summed E-state index contributed by atoms with van der Waals surface area (Å²) in [5, 5.41) is 0. The number of hydrogen-bond donors (Lipinski definition) is 0. The van der Waals surface area contributed by atoms with Crippen molar-refractivity contribution < 1.29 is 9.53 Å². The van der Waals surface area contributed by atoms with Crippen LogP contribution in [0.4, 0.5) is 5.69 Å². The van der Waals surface area contributed by atoms with E-state index in [1.165, 1.54) is 6.42 Å². The first-order valence-electron chi connectivity index (χ1n) is 7.87. The summed E-state index contributed by atoms with van der Waals surface area (Å²) >= 11 is 5.71. The van der Waals surface area contributed by atoms with Crippen LogP contribution in [0, 0.1) is 13.8 Å². The zero-order valence-corrected chi connectivity index (χ0v) is 15.5. The Balaban J connectivity index is 0.00000135. The molecule has 0 aliphatic rings. The molecule has 1 atom stereocenters. The van der Waals surface area contributed by atoms with Gasteiger partial charge in [0.1, 0.15) is 0 Å². The molecule has 0 fully saturated rings. The first kappa shape index (κ1) is 20.9. The lowest BCUT2D eigenvalue weighted by Gasteiger charge is -2.31. The number of anilines is 1. The fourth-order valence-corrected chi connectivity index (χ4v) is 2.46. The van der Waals surface area contributed by atoms with Crippen molar-refractivity contribution in [2.45, 2.75) is 53.5 Å². The highest BCUT2D eigenvalue weighted by Gasteiger charge is 2.24. The minimum Gasteiger partial charge on any atom is -0.383 e. The van der Waals surface area contributed by atoms with E-state index in [2.05, 4.69) is 13.8 Å². The van der Waals surface area contributed by atoms with Gasteiger partial charge in [0, 0.05) is 25.1 Å². The van der Waals surface area contributed by atoms with E-state index >= 15 is 0 Å². The van der Waals surface area contributed by atoms with E-state index in [-0.39, 0.29) is 11.9 Å². The smallest absolute Gasteiger partial charge is 0.228 e. The fraction of sp³-hybridized carbons (Fsp3) is 0.611. The normalized spacial score (nSPS) is 11.4. The summed E-state index contributed by atoms with van der Waals surface area (Å²) in [4.78, 5) is 14.2. The molecule has 1 aromatic rings. The van der Waals surface area contributed by atoms with Gasteiger partial charge >= 0.3 is 0 Å². The van der Waals surface area contributed by atoms with Crippen LogP contribution in [0.15, 0.2) is 18.2 Å². The zero-order valence-electron chi connectivity index (χ0n) is 14.8. The van der Waals surface area contributed by atoms with E-state index in [9.17, 15) is 4.79 Å². The maximum Gasteiger partial charge on any atom is 0.228 e. The molecule has 0 bridgehead atoms. The number of carbonyl (C=O) groups excluding carboxylic acids is 1. The number of para-hydroxylation sites is 1. The molecule has 22 heavy (non-hydrogen) atoms. The van der Waals surface area contributed by atoms with Crippen molar-refractivity contribution in [3.8, 4) is 0 Å². The lowest BCUT2D eigenvalue weighted by atomic mass is 10.1. The molecule has 0 saturated heterocycles. The third-order valence-electron chi connectivity index (χ3n) is 3.11. The number of methoxy groups -OCH3 is 1. The number of carbonyl (C=O) groups is 1. The van der Waals surface area contributed by atoms with Crippen LogP contribution in [0.2, 0.25) is 0 Å². The van der Waals surface area contributed by atoms with Gasteiger partial charge in [0.15, 0.2) is 0 Å². The van der Waals surface area contributed by atoms with Gasteiger partial charge in [-0.15, -0.1) is 11.6 Å². The van der Waals surface area contributed by atoms with Gasteiger partial charge in [0.2, 0.25) is 5.91 Å². The minimum absolute atomic E-state index is 0.0134. The molecule has 0 heterocycles. The highest BCUT2D eigenvalue weighted by atomic mass is 35.5. The number of nitrogens with zero attached hydrogens (tertiary/aromatic N) is 1. The predicted molar refractivity (Wildman–Crippen MR) is 96.0 cm³/mol. The van der Waals surface area contributed by atoms with Crippen molar-refractivity contribution >= 4 is 23.2 Å². The van der Waals surface area contributed by atoms with Crippen molar-refractivity contribution in [2.75, 3.05) is 24.5 Å². The van der Waals surface area contributed by atoms with Crippen molar-refractivity contribution in [3.05, 3.63) is 29.3 Å². The Labute approximate surface area is 140 Å². The van der Waals surface area contributed by atoms with E-state index in [4.69, 9.17) is 16.3 Å². The van der Waals surface area contributed by atoms with Crippen molar-refractivity contribution in [2.24, 2.45) is 0 Å². The number of hydrogen-bond acceptors (Lipinski definition) is 2. The summed E-state index contributed by atoms with van der Waals surface area (Å²) in [5.74, 6) is 0.372. The van der Waals surface area contributed by atoms with Gasteiger partial charge in [-0.3, -0.25) is 4.79 Å². The average molecular weight is 328 g/mol. The van der Waals surface area contributed by atoms with E-state index in [1.807, 2.05) is 43.9 Å². The molecule has 0 saturated carbocycles. The van der Waals surface area contributed by atoms with Crippen LogP contribution >= 0.6 is 11.6 Å². The van der Waals surface area contributed by atoms with E-state index in [1.54, 1.807) is 7.11 Å². The molecule has 3 nitrogen and oxygen atoms in total. The molecule has 126 valence electrons. The van der Waals surface area contributed by atoms with Gasteiger partial charge in [-0.25, -0.2) is 0 Å². The van der Waals surface area contributed by atoms with Crippen LogP contribution in [-0.2, 0) is 9.53 Å². The minimum atomic E-state index is -0.0134. The largest absolute Gasteiger partial charge is 0.383 e.